The zero-order valence-corrected chi connectivity index (χ0v) is 30.6. The molecule has 0 aliphatic carbocycles. The van der Waals surface area contributed by atoms with Gasteiger partial charge < -0.3 is 4.74 Å². The number of alkyl halides is 1. The molecular formula is C35H35AsBrCl2N2O5. The minimum Gasteiger partial charge on any atom is -0.492 e. The number of hydrogen-bond donors (Lipinski definition) is 2. The first-order valence-electron chi connectivity index (χ1n) is 14.6. The average molecular weight is 789 g/mol. The molecular weight excluding hydrogens is 754 g/mol. The van der Waals surface area contributed by atoms with Gasteiger partial charge in [0, 0.05) is 5.33 Å². The number of rotatable bonds is 16. The Balaban J connectivity index is 1.58. The van der Waals surface area contributed by atoms with Crippen LogP contribution in [0.1, 0.15) is 41.2 Å². The van der Waals surface area contributed by atoms with Crippen molar-refractivity contribution in [3.8, 4) is 34.4 Å². The van der Waals surface area contributed by atoms with E-state index in [0.29, 0.717) is 44.7 Å². The van der Waals surface area contributed by atoms with Crippen LogP contribution in [0.15, 0.2) is 67.0 Å². The van der Waals surface area contributed by atoms with Crippen LogP contribution in [0.5, 0.6) is 17.2 Å². The molecule has 0 spiro atoms. The maximum atomic E-state index is 9.84. The Kier molecular flexibility index (Phi) is 13.7. The summed E-state index contributed by atoms with van der Waals surface area (Å²) < 4.78 is 17.9. The summed E-state index contributed by atoms with van der Waals surface area (Å²) in [6.07, 6.45) is 4.03. The standard InChI is InChI=1S/C35H35AsBrCl2N2O5/c1-23-26(6-3-7-28(23)29-8-4-9-31(34(29)39)44-11-5-10-37)20-46-33-14-32(45-19-25-12-24(16-40)17-41-18-25)27(13-30(33)38)15-36-35(2,21-42)22-43/h3-4,6-9,12-14,17-18,42-43H,5,10-11,15,19-22H2,1-2H3. The van der Waals surface area contributed by atoms with E-state index in [-0.39, 0.29) is 26.4 Å². The predicted octanol–water partition coefficient (Wildman–Crippen LogP) is 7.92. The minimum absolute atomic E-state index is 0.112. The summed E-state index contributed by atoms with van der Waals surface area (Å²) in [7, 11) is 0. The second-order valence-corrected chi connectivity index (χ2v) is 16.1. The molecule has 0 atom stereocenters. The summed E-state index contributed by atoms with van der Waals surface area (Å²) in [6.45, 7) is 4.69. The van der Waals surface area contributed by atoms with Gasteiger partial charge in [-0.3, -0.25) is 0 Å². The van der Waals surface area contributed by atoms with Gasteiger partial charge in [-0.1, -0.05) is 33.6 Å². The second kappa shape index (κ2) is 17.4. The summed E-state index contributed by atoms with van der Waals surface area (Å²) in [6, 6.07) is 19.2. The van der Waals surface area contributed by atoms with Gasteiger partial charge in [-0.25, -0.2) is 0 Å². The molecule has 0 bridgehead atoms. The Hall–Kier alpha value is -2.76. The average Bonchev–Trinajstić information content (AvgIpc) is 3.07. The summed E-state index contributed by atoms with van der Waals surface area (Å²) in [5, 5.41) is 31.4. The Morgan fingerprint density at radius 3 is 2.39 bits per heavy atom. The SMILES string of the molecule is Cc1c(COc2cc(OCc3cncc(C#N)c3)c(C[As]C(C)(CO)CO)cc2Cl)cccc1-c1cccc(OCCCBr)c1Cl. The molecule has 0 amide bonds. The molecule has 0 saturated heterocycles. The fourth-order valence-electron chi connectivity index (χ4n) is 4.51. The topological polar surface area (TPSA) is 105 Å². The minimum atomic E-state index is -0.564. The van der Waals surface area contributed by atoms with Crippen molar-refractivity contribution >= 4 is 54.9 Å². The van der Waals surface area contributed by atoms with Crippen LogP contribution in [0, 0.1) is 18.3 Å². The van der Waals surface area contributed by atoms with E-state index in [1.165, 1.54) is 6.20 Å². The van der Waals surface area contributed by atoms with Crippen molar-refractivity contribution < 1.29 is 24.4 Å². The molecule has 0 fully saturated rings. The normalized spacial score (nSPS) is 11.5. The zero-order valence-electron chi connectivity index (χ0n) is 25.6. The quantitative estimate of drug-likeness (QED) is 0.0676. The molecule has 0 saturated carbocycles. The Morgan fingerprint density at radius 2 is 1.65 bits per heavy atom. The fourth-order valence-corrected chi connectivity index (χ4v) is 7.36. The van der Waals surface area contributed by atoms with Gasteiger partial charge >= 0.3 is 228 Å². The van der Waals surface area contributed by atoms with Gasteiger partial charge in [-0.15, -0.1) is 0 Å². The first kappa shape index (κ1) is 36.1. The third kappa shape index (κ3) is 9.41. The first-order valence-corrected chi connectivity index (χ1v) is 18.7. The van der Waals surface area contributed by atoms with Gasteiger partial charge in [0.1, 0.15) is 5.75 Å². The molecule has 4 rings (SSSR count). The molecule has 0 aliphatic rings. The molecule has 2 N–H and O–H groups in total. The van der Waals surface area contributed by atoms with Gasteiger partial charge in [0.05, 0.1) is 6.61 Å². The van der Waals surface area contributed by atoms with Crippen LogP contribution in [0.25, 0.3) is 11.1 Å². The van der Waals surface area contributed by atoms with E-state index < -0.39 is 20.0 Å². The summed E-state index contributed by atoms with van der Waals surface area (Å²) >= 11 is 16.5. The van der Waals surface area contributed by atoms with E-state index in [1.54, 1.807) is 18.3 Å². The zero-order chi connectivity index (χ0) is 33.1. The predicted molar refractivity (Wildman–Crippen MR) is 187 cm³/mol. The molecule has 1 aromatic heterocycles. The van der Waals surface area contributed by atoms with Gasteiger partial charge in [-0.2, -0.15) is 0 Å². The van der Waals surface area contributed by atoms with E-state index in [4.69, 9.17) is 37.4 Å². The third-order valence-electron chi connectivity index (χ3n) is 7.36. The molecule has 4 aromatic rings. The number of halogens is 3. The molecule has 0 aliphatic heterocycles. The first-order chi connectivity index (χ1) is 22.2. The van der Waals surface area contributed by atoms with Crippen LogP contribution in [0.2, 0.25) is 14.2 Å². The number of pyridine rings is 1. The van der Waals surface area contributed by atoms with Crippen molar-refractivity contribution in [1.82, 2.24) is 4.98 Å². The summed E-state index contributed by atoms with van der Waals surface area (Å²) in [4.78, 5) is 4.12. The van der Waals surface area contributed by atoms with Crippen molar-refractivity contribution in [1.29, 1.82) is 5.26 Å². The van der Waals surface area contributed by atoms with E-state index >= 15 is 0 Å². The Labute approximate surface area is 295 Å². The van der Waals surface area contributed by atoms with Gasteiger partial charge in [0.15, 0.2) is 0 Å². The molecule has 241 valence electrons. The molecule has 11 heteroatoms. The molecule has 1 heterocycles. The van der Waals surface area contributed by atoms with Crippen LogP contribution >= 0.6 is 39.1 Å². The van der Waals surface area contributed by atoms with E-state index in [1.807, 2.05) is 56.3 Å². The van der Waals surface area contributed by atoms with Crippen molar-refractivity contribution in [2.75, 3.05) is 25.2 Å². The van der Waals surface area contributed by atoms with Crippen molar-refractivity contribution in [3.05, 3.63) is 105 Å². The van der Waals surface area contributed by atoms with E-state index in [9.17, 15) is 15.5 Å². The van der Waals surface area contributed by atoms with E-state index in [0.717, 1.165) is 45.1 Å². The van der Waals surface area contributed by atoms with Crippen molar-refractivity contribution in [2.45, 2.75) is 42.9 Å². The van der Waals surface area contributed by atoms with Crippen molar-refractivity contribution in [2.24, 2.45) is 0 Å². The third-order valence-corrected chi connectivity index (χ3v) is 11.9. The number of aliphatic hydroxyl groups excluding tert-OH is 2. The number of benzene rings is 3. The van der Waals surface area contributed by atoms with Crippen LogP contribution < -0.4 is 14.2 Å². The summed E-state index contributed by atoms with van der Waals surface area (Å²) in [5.41, 5.74) is 5.89. The molecule has 0 unspecified atom stereocenters. The molecule has 3 aromatic carbocycles. The summed E-state index contributed by atoms with van der Waals surface area (Å²) in [5.74, 6) is 1.68. The molecule has 1 radical (unpaired) electrons. The Morgan fingerprint density at radius 1 is 0.913 bits per heavy atom. The second-order valence-electron chi connectivity index (χ2n) is 10.9. The maximum absolute atomic E-state index is 9.84. The van der Waals surface area contributed by atoms with Gasteiger partial charge in [0.2, 0.25) is 0 Å². The Bertz CT molecular complexity index is 1680. The van der Waals surface area contributed by atoms with Crippen molar-refractivity contribution in [3.63, 3.8) is 0 Å². The smallest absolute Gasteiger partial charge is 0.492 e. The van der Waals surface area contributed by atoms with E-state index in [2.05, 4.69) is 27.0 Å². The van der Waals surface area contributed by atoms with Gasteiger partial charge in [-0.05, 0) is 12.5 Å². The number of nitrogens with zero attached hydrogens (tertiary/aromatic N) is 2. The number of nitriles is 1. The number of aliphatic hydroxyl groups is 2. The van der Waals surface area contributed by atoms with Crippen LogP contribution in [-0.2, 0) is 18.4 Å². The van der Waals surface area contributed by atoms with Crippen LogP contribution in [-0.4, -0.2) is 56.1 Å². The monoisotopic (exact) mass is 787 g/mol. The molecule has 7 nitrogen and oxygen atoms in total. The molecule has 46 heavy (non-hydrogen) atoms. The number of ether oxygens (including phenoxy) is 3. The number of aromatic nitrogens is 1. The number of hydrogen-bond acceptors (Lipinski definition) is 7. The fraction of sp³-hybridized carbons (Fsp3) is 0.314. The van der Waals surface area contributed by atoms with Crippen LogP contribution in [0.3, 0.4) is 0 Å². The van der Waals surface area contributed by atoms with Gasteiger partial charge in [0.25, 0.3) is 0 Å². The van der Waals surface area contributed by atoms with Crippen LogP contribution in [0.4, 0.5) is 0 Å².